The predicted molar refractivity (Wildman–Crippen MR) is 63.2 cm³/mol. The third kappa shape index (κ3) is 2.80. The summed E-state index contributed by atoms with van der Waals surface area (Å²) in [5.74, 6) is 0. The molecule has 0 unspecified atom stereocenters. The summed E-state index contributed by atoms with van der Waals surface area (Å²) in [6.45, 7) is 2.04. The zero-order chi connectivity index (χ0) is 10.7. The number of benzene rings is 1. The molecular formula is C13H12ClN. The highest BCUT2D eigenvalue weighted by molar-refractivity contribution is 6.30. The van der Waals surface area contributed by atoms with Crippen LogP contribution in [0.25, 0.3) is 0 Å². The maximum Gasteiger partial charge on any atom is 0.0447 e. The molecule has 2 heteroatoms. The van der Waals surface area contributed by atoms with E-state index >= 15 is 0 Å². The van der Waals surface area contributed by atoms with Crippen molar-refractivity contribution in [3.8, 4) is 0 Å². The SMILES string of the molecule is Cc1ccc(Cc2ccc(Cl)cc2)nc1. The number of hydrogen-bond donors (Lipinski definition) is 0. The molecule has 76 valence electrons. The average molecular weight is 218 g/mol. The topological polar surface area (TPSA) is 12.9 Å². The molecule has 0 radical (unpaired) electrons. The summed E-state index contributed by atoms with van der Waals surface area (Å²) < 4.78 is 0. The van der Waals surface area contributed by atoms with Gasteiger partial charge in [-0.3, -0.25) is 4.98 Å². The van der Waals surface area contributed by atoms with Gasteiger partial charge in [0.2, 0.25) is 0 Å². The molecular weight excluding hydrogens is 206 g/mol. The van der Waals surface area contributed by atoms with Crippen LogP contribution < -0.4 is 0 Å². The van der Waals surface area contributed by atoms with Crippen LogP contribution in [-0.2, 0) is 6.42 Å². The van der Waals surface area contributed by atoms with E-state index in [1.807, 2.05) is 37.4 Å². The van der Waals surface area contributed by atoms with Crippen LogP contribution in [0.4, 0.5) is 0 Å². The minimum Gasteiger partial charge on any atom is -0.261 e. The maximum absolute atomic E-state index is 5.82. The molecule has 0 N–H and O–H groups in total. The third-order valence-corrected chi connectivity index (χ3v) is 2.52. The smallest absolute Gasteiger partial charge is 0.0447 e. The van der Waals surface area contributed by atoms with Crippen LogP contribution in [0.3, 0.4) is 0 Å². The van der Waals surface area contributed by atoms with E-state index in [4.69, 9.17) is 11.6 Å². The van der Waals surface area contributed by atoms with Crippen LogP contribution in [0, 0.1) is 6.92 Å². The van der Waals surface area contributed by atoms with Crippen LogP contribution >= 0.6 is 11.6 Å². The van der Waals surface area contributed by atoms with Gasteiger partial charge < -0.3 is 0 Å². The Bertz CT molecular complexity index is 388. The zero-order valence-corrected chi connectivity index (χ0v) is 9.33. The monoisotopic (exact) mass is 217 g/mol. The highest BCUT2D eigenvalue weighted by atomic mass is 35.5. The summed E-state index contributed by atoms with van der Waals surface area (Å²) in [5.41, 5.74) is 3.51. The van der Waals surface area contributed by atoms with E-state index in [0.717, 1.165) is 17.1 Å². The molecule has 0 amide bonds. The molecule has 0 aliphatic heterocycles. The van der Waals surface area contributed by atoms with Crippen LogP contribution in [0.2, 0.25) is 5.02 Å². The van der Waals surface area contributed by atoms with Crippen molar-refractivity contribution in [2.24, 2.45) is 0 Å². The van der Waals surface area contributed by atoms with Crippen molar-refractivity contribution in [2.75, 3.05) is 0 Å². The van der Waals surface area contributed by atoms with Crippen molar-refractivity contribution in [3.05, 3.63) is 64.4 Å². The largest absolute Gasteiger partial charge is 0.261 e. The highest BCUT2D eigenvalue weighted by Gasteiger charge is 1.97. The van der Waals surface area contributed by atoms with E-state index in [1.54, 1.807) is 0 Å². The summed E-state index contributed by atoms with van der Waals surface area (Å²) in [7, 11) is 0. The number of halogens is 1. The van der Waals surface area contributed by atoms with E-state index in [1.165, 1.54) is 11.1 Å². The molecule has 0 saturated heterocycles. The fourth-order valence-corrected chi connectivity index (χ4v) is 1.54. The number of aromatic nitrogens is 1. The lowest BCUT2D eigenvalue weighted by molar-refractivity contribution is 1.06. The molecule has 1 aromatic carbocycles. The Morgan fingerprint density at radius 2 is 1.80 bits per heavy atom. The second kappa shape index (κ2) is 4.45. The molecule has 0 atom stereocenters. The Labute approximate surface area is 94.7 Å². The van der Waals surface area contributed by atoms with E-state index in [0.29, 0.717) is 0 Å². The van der Waals surface area contributed by atoms with Crippen molar-refractivity contribution >= 4 is 11.6 Å². The molecule has 0 bridgehead atoms. The quantitative estimate of drug-likeness (QED) is 0.749. The van der Waals surface area contributed by atoms with E-state index in [9.17, 15) is 0 Å². The highest BCUT2D eigenvalue weighted by Crippen LogP contribution is 2.12. The van der Waals surface area contributed by atoms with Crippen molar-refractivity contribution in [1.82, 2.24) is 4.98 Å². The fraction of sp³-hybridized carbons (Fsp3) is 0.154. The minimum atomic E-state index is 0.774. The number of hydrogen-bond acceptors (Lipinski definition) is 1. The Balaban J connectivity index is 2.15. The standard InChI is InChI=1S/C13H12ClN/c1-10-2-7-13(15-9-10)8-11-3-5-12(14)6-4-11/h2-7,9H,8H2,1H3. The first-order valence-corrected chi connectivity index (χ1v) is 5.28. The Kier molecular flexibility index (Phi) is 3.02. The molecule has 2 aromatic rings. The van der Waals surface area contributed by atoms with Crippen molar-refractivity contribution in [3.63, 3.8) is 0 Å². The average Bonchev–Trinajstić information content (AvgIpc) is 2.25. The summed E-state index contributed by atoms with van der Waals surface area (Å²) in [4.78, 5) is 4.36. The zero-order valence-electron chi connectivity index (χ0n) is 8.57. The summed E-state index contributed by atoms with van der Waals surface area (Å²) >= 11 is 5.82. The Hall–Kier alpha value is -1.34. The molecule has 15 heavy (non-hydrogen) atoms. The van der Waals surface area contributed by atoms with Gasteiger partial charge in [-0.1, -0.05) is 29.8 Å². The molecule has 1 heterocycles. The van der Waals surface area contributed by atoms with E-state index in [-0.39, 0.29) is 0 Å². The lowest BCUT2D eigenvalue weighted by atomic mass is 10.1. The second-order valence-electron chi connectivity index (χ2n) is 3.63. The van der Waals surface area contributed by atoms with Crippen LogP contribution in [0.5, 0.6) is 0 Å². The molecule has 1 aromatic heterocycles. The first kappa shape index (κ1) is 10.2. The molecule has 0 fully saturated rings. The van der Waals surface area contributed by atoms with Gasteiger partial charge in [0.15, 0.2) is 0 Å². The second-order valence-corrected chi connectivity index (χ2v) is 4.07. The minimum absolute atomic E-state index is 0.774. The van der Waals surface area contributed by atoms with E-state index < -0.39 is 0 Å². The van der Waals surface area contributed by atoms with Gasteiger partial charge >= 0.3 is 0 Å². The van der Waals surface area contributed by atoms with Gasteiger partial charge in [0.05, 0.1) is 0 Å². The molecule has 1 nitrogen and oxygen atoms in total. The molecule has 0 spiro atoms. The van der Waals surface area contributed by atoms with Crippen LogP contribution in [-0.4, -0.2) is 4.98 Å². The van der Waals surface area contributed by atoms with Gasteiger partial charge in [-0.05, 0) is 36.2 Å². The number of rotatable bonds is 2. The molecule has 0 aliphatic carbocycles. The Morgan fingerprint density at radius 3 is 2.40 bits per heavy atom. The van der Waals surface area contributed by atoms with Crippen molar-refractivity contribution in [2.45, 2.75) is 13.3 Å². The number of aryl methyl sites for hydroxylation is 1. The summed E-state index contributed by atoms with van der Waals surface area (Å²) in [6.07, 6.45) is 2.75. The lowest BCUT2D eigenvalue weighted by Gasteiger charge is -2.01. The third-order valence-electron chi connectivity index (χ3n) is 2.27. The fourth-order valence-electron chi connectivity index (χ4n) is 1.41. The molecule has 2 rings (SSSR count). The van der Waals surface area contributed by atoms with Gasteiger partial charge in [0.25, 0.3) is 0 Å². The van der Waals surface area contributed by atoms with Crippen LogP contribution in [0.15, 0.2) is 42.6 Å². The first-order chi connectivity index (χ1) is 7.24. The van der Waals surface area contributed by atoms with Crippen molar-refractivity contribution in [1.29, 1.82) is 0 Å². The molecule has 0 aliphatic rings. The van der Waals surface area contributed by atoms with E-state index in [2.05, 4.69) is 17.1 Å². The number of nitrogens with zero attached hydrogens (tertiary/aromatic N) is 1. The molecule has 0 saturated carbocycles. The summed E-state index contributed by atoms with van der Waals surface area (Å²) in [6, 6.07) is 12.0. The Morgan fingerprint density at radius 1 is 1.07 bits per heavy atom. The van der Waals surface area contributed by atoms with Gasteiger partial charge in [-0.2, -0.15) is 0 Å². The van der Waals surface area contributed by atoms with Gasteiger partial charge in [0.1, 0.15) is 0 Å². The maximum atomic E-state index is 5.82. The lowest BCUT2D eigenvalue weighted by Crippen LogP contribution is -1.91. The predicted octanol–water partition coefficient (Wildman–Crippen LogP) is 3.63. The first-order valence-electron chi connectivity index (χ1n) is 4.90. The van der Waals surface area contributed by atoms with Crippen LogP contribution in [0.1, 0.15) is 16.8 Å². The van der Waals surface area contributed by atoms with Gasteiger partial charge in [-0.15, -0.1) is 0 Å². The van der Waals surface area contributed by atoms with Gasteiger partial charge in [0, 0.05) is 23.3 Å². The number of pyridine rings is 1. The van der Waals surface area contributed by atoms with Crippen molar-refractivity contribution < 1.29 is 0 Å². The normalized spacial score (nSPS) is 10.3. The van der Waals surface area contributed by atoms with Gasteiger partial charge in [-0.25, -0.2) is 0 Å². The summed E-state index contributed by atoms with van der Waals surface area (Å²) in [5, 5.41) is 0.774.